The first-order valence-corrected chi connectivity index (χ1v) is 9.45. The standard InChI is InChI=1S/C19H23N3O4S/c1-13-5-6-16(26-2)15(10-13)22-18(24)11-21-17(23)4-3-8-20-19(25)14-7-9-27-12-14/h5-7,9-10,12H,3-4,8,11H2,1-2H3,(H,20,25)(H,21,23)(H,22,24). The van der Waals surface area contributed by atoms with Gasteiger partial charge in [0.1, 0.15) is 5.75 Å². The number of amides is 3. The summed E-state index contributed by atoms with van der Waals surface area (Å²) in [5.74, 6) is -0.172. The minimum Gasteiger partial charge on any atom is -0.495 e. The van der Waals surface area contributed by atoms with E-state index in [1.165, 1.54) is 18.4 Å². The molecule has 0 unspecified atom stereocenters. The van der Waals surface area contributed by atoms with Crippen molar-refractivity contribution in [1.29, 1.82) is 0 Å². The molecule has 8 heteroatoms. The quantitative estimate of drug-likeness (QED) is 0.574. The van der Waals surface area contributed by atoms with Gasteiger partial charge in [0.15, 0.2) is 0 Å². The molecule has 0 saturated heterocycles. The number of nitrogens with one attached hydrogen (secondary N) is 3. The number of carbonyl (C=O) groups excluding carboxylic acids is 3. The summed E-state index contributed by atoms with van der Waals surface area (Å²) in [6.45, 7) is 2.18. The van der Waals surface area contributed by atoms with Gasteiger partial charge in [-0.25, -0.2) is 0 Å². The zero-order valence-corrected chi connectivity index (χ0v) is 16.2. The molecule has 0 fully saturated rings. The van der Waals surface area contributed by atoms with E-state index in [9.17, 15) is 14.4 Å². The fourth-order valence-corrected chi connectivity index (χ4v) is 2.96. The third-order valence-electron chi connectivity index (χ3n) is 3.72. The lowest BCUT2D eigenvalue weighted by atomic mass is 10.2. The Morgan fingerprint density at radius 2 is 1.93 bits per heavy atom. The molecule has 7 nitrogen and oxygen atoms in total. The fourth-order valence-electron chi connectivity index (χ4n) is 2.33. The third kappa shape index (κ3) is 6.74. The molecule has 2 aromatic rings. The zero-order chi connectivity index (χ0) is 19.6. The van der Waals surface area contributed by atoms with Crippen LogP contribution in [0.1, 0.15) is 28.8 Å². The highest BCUT2D eigenvalue weighted by atomic mass is 32.1. The number of ether oxygens (including phenoxy) is 1. The molecule has 0 atom stereocenters. The van der Waals surface area contributed by atoms with Gasteiger partial charge in [-0.3, -0.25) is 14.4 Å². The number of aryl methyl sites for hydroxylation is 1. The van der Waals surface area contributed by atoms with Crippen molar-refractivity contribution in [3.8, 4) is 5.75 Å². The average molecular weight is 389 g/mol. The van der Waals surface area contributed by atoms with Gasteiger partial charge in [0.05, 0.1) is 19.3 Å². The molecule has 0 aliphatic rings. The topological polar surface area (TPSA) is 96.5 Å². The Bertz CT molecular complexity index is 790. The number of anilines is 1. The monoisotopic (exact) mass is 389 g/mol. The maximum absolute atomic E-state index is 12.0. The third-order valence-corrected chi connectivity index (χ3v) is 4.41. The smallest absolute Gasteiger partial charge is 0.252 e. The largest absolute Gasteiger partial charge is 0.495 e. The van der Waals surface area contributed by atoms with E-state index in [1.54, 1.807) is 23.6 Å². The van der Waals surface area contributed by atoms with Crippen LogP contribution in [0.4, 0.5) is 5.69 Å². The lowest BCUT2D eigenvalue weighted by Crippen LogP contribution is -2.33. The summed E-state index contributed by atoms with van der Waals surface area (Å²) < 4.78 is 5.20. The van der Waals surface area contributed by atoms with Crippen LogP contribution in [0.25, 0.3) is 0 Å². The van der Waals surface area contributed by atoms with Crippen LogP contribution >= 0.6 is 11.3 Å². The Hall–Kier alpha value is -2.87. The maximum Gasteiger partial charge on any atom is 0.252 e. The molecule has 0 radical (unpaired) electrons. The van der Waals surface area contributed by atoms with E-state index in [1.807, 2.05) is 18.4 Å². The van der Waals surface area contributed by atoms with Crippen molar-refractivity contribution in [2.75, 3.05) is 25.5 Å². The summed E-state index contributed by atoms with van der Waals surface area (Å²) >= 11 is 1.45. The van der Waals surface area contributed by atoms with Crippen LogP contribution in [0.2, 0.25) is 0 Å². The van der Waals surface area contributed by atoms with Crippen molar-refractivity contribution >= 4 is 34.7 Å². The molecule has 0 aliphatic carbocycles. The van der Waals surface area contributed by atoms with Crippen LogP contribution in [0.3, 0.4) is 0 Å². The Morgan fingerprint density at radius 1 is 1.11 bits per heavy atom. The molecule has 3 N–H and O–H groups in total. The first-order valence-electron chi connectivity index (χ1n) is 8.51. The Labute approximate surface area is 162 Å². The summed E-state index contributed by atoms with van der Waals surface area (Å²) in [4.78, 5) is 35.6. The van der Waals surface area contributed by atoms with Gasteiger partial charge in [-0.2, -0.15) is 11.3 Å². The maximum atomic E-state index is 12.0. The number of thiophene rings is 1. The predicted molar refractivity (Wildman–Crippen MR) is 105 cm³/mol. The highest BCUT2D eigenvalue weighted by molar-refractivity contribution is 7.08. The number of hydrogen-bond donors (Lipinski definition) is 3. The van der Waals surface area contributed by atoms with E-state index >= 15 is 0 Å². The molecule has 27 heavy (non-hydrogen) atoms. The van der Waals surface area contributed by atoms with Gasteiger partial charge >= 0.3 is 0 Å². The van der Waals surface area contributed by atoms with Gasteiger partial charge in [0.25, 0.3) is 5.91 Å². The number of hydrogen-bond acceptors (Lipinski definition) is 5. The van der Waals surface area contributed by atoms with Crippen LogP contribution in [0.5, 0.6) is 5.75 Å². The fraction of sp³-hybridized carbons (Fsp3) is 0.316. The predicted octanol–water partition coefficient (Wildman–Crippen LogP) is 2.33. The van der Waals surface area contributed by atoms with E-state index in [4.69, 9.17) is 4.74 Å². The van der Waals surface area contributed by atoms with E-state index in [-0.39, 0.29) is 30.7 Å². The van der Waals surface area contributed by atoms with Crippen molar-refractivity contribution in [2.24, 2.45) is 0 Å². The van der Waals surface area contributed by atoms with E-state index in [0.717, 1.165) is 5.56 Å². The van der Waals surface area contributed by atoms with Crippen LogP contribution in [-0.2, 0) is 9.59 Å². The molecule has 0 saturated carbocycles. The van der Waals surface area contributed by atoms with E-state index in [2.05, 4.69) is 16.0 Å². The first-order chi connectivity index (χ1) is 13.0. The zero-order valence-electron chi connectivity index (χ0n) is 15.3. The summed E-state index contributed by atoms with van der Waals surface area (Å²) in [6.07, 6.45) is 0.722. The van der Waals surface area contributed by atoms with Crippen molar-refractivity contribution in [3.05, 3.63) is 46.2 Å². The van der Waals surface area contributed by atoms with E-state index in [0.29, 0.717) is 30.0 Å². The molecular weight excluding hydrogens is 366 g/mol. The lowest BCUT2D eigenvalue weighted by Gasteiger charge is -2.11. The number of rotatable bonds is 9. The van der Waals surface area contributed by atoms with Gasteiger partial charge in [-0.15, -0.1) is 0 Å². The second kappa shape index (κ2) is 10.3. The summed E-state index contributed by atoms with van der Waals surface area (Å²) in [5, 5.41) is 11.6. The minimum absolute atomic E-state index is 0.128. The van der Waals surface area contributed by atoms with Crippen molar-refractivity contribution in [1.82, 2.24) is 10.6 Å². The van der Waals surface area contributed by atoms with Crippen molar-refractivity contribution < 1.29 is 19.1 Å². The molecular formula is C19H23N3O4S. The van der Waals surface area contributed by atoms with Crippen LogP contribution in [0, 0.1) is 6.92 Å². The Morgan fingerprint density at radius 3 is 2.63 bits per heavy atom. The summed E-state index contributed by atoms with van der Waals surface area (Å²) in [6, 6.07) is 7.20. The number of methoxy groups -OCH3 is 1. The van der Waals surface area contributed by atoms with Gasteiger partial charge in [0.2, 0.25) is 11.8 Å². The minimum atomic E-state index is -0.335. The van der Waals surface area contributed by atoms with Crippen LogP contribution in [-0.4, -0.2) is 37.9 Å². The van der Waals surface area contributed by atoms with Crippen molar-refractivity contribution in [3.63, 3.8) is 0 Å². The summed E-state index contributed by atoms with van der Waals surface area (Å²) in [7, 11) is 1.53. The first kappa shape index (κ1) is 20.4. The SMILES string of the molecule is COc1ccc(C)cc1NC(=O)CNC(=O)CCCNC(=O)c1ccsc1. The van der Waals surface area contributed by atoms with Gasteiger partial charge < -0.3 is 20.7 Å². The summed E-state index contributed by atoms with van der Waals surface area (Å²) in [5.41, 5.74) is 2.17. The second-order valence-corrected chi connectivity index (χ2v) is 6.68. The van der Waals surface area contributed by atoms with E-state index < -0.39 is 0 Å². The molecule has 1 heterocycles. The van der Waals surface area contributed by atoms with Crippen LogP contribution in [0.15, 0.2) is 35.0 Å². The Balaban J connectivity index is 1.65. The molecule has 1 aromatic heterocycles. The van der Waals surface area contributed by atoms with Crippen molar-refractivity contribution in [2.45, 2.75) is 19.8 Å². The molecule has 3 amide bonds. The average Bonchev–Trinajstić information content (AvgIpc) is 3.18. The number of carbonyl (C=O) groups is 3. The second-order valence-electron chi connectivity index (χ2n) is 5.90. The van der Waals surface area contributed by atoms with Crippen LogP contribution < -0.4 is 20.7 Å². The highest BCUT2D eigenvalue weighted by Crippen LogP contribution is 2.24. The highest BCUT2D eigenvalue weighted by Gasteiger charge is 2.10. The lowest BCUT2D eigenvalue weighted by molar-refractivity contribution is -0.124. The molecule has 0 aliphatic heterocycles. The molecule has 2 rings (SSSR count). The van der Waals surface area contributed by atoms with Gasteiger partial charge in [0, 0.05) is 23.9 Å². The van der Waals surface area contributed by atoms with Gasteiger partial charge in [-0.05, 0) is 42.5 Å². The molecule has 1 aromatic carbocycles. The van der Waals surface area contributed by atoms with Gasteiger partial charge in [-0.1, -0.05) is 6.07 Å². The molecule has 0 spiro atoms. The molecule has 0 bridgehead atoms. The number of benzene rings is 1. The molecule has 144 valence electrons. The Kier molecular flexibility index (Phi) is 7.81. The normalized spacial score (nSPS) is 10.1.